The van der Waals surface area contributed by atoms with Crippen LogP contribution in [0.5, 0.6) is 0 Å². The van der Waals surface area contributed by atoms with E-state index in [9.17, 15) is 14.4 Å². The summed E-state index contributed by atoms with van der Waals surface area (Å²) in [5.74, 6) is -3.02. The molecule has 116 valence electrons. The molecule has 2 N–H and O–H groups in total. The maximum Gasteiger partial charge on any atom is 0.419 e. The van der Waals surface area contributed by atoms with Crippen LogP contribution in [0.4, 0.5) is 5.69 Å². The quantitative estimate of drug-likeness (QED) is 0.893. The third-order valence-corrected chi connectivity index (χ3v) is 4.44. The molecule has 1 amide bonds. The molecule has 7 nitrogen and oxygen atoms in total. The molecule has 1 aromatic heterocycles. The number of carbonyl (C=O) groups is 2. The standard InChI is InChI=1S/C15H16N2O5/c1-15(2)10(11(15)13(19)20)12(18)16-7-4-5-8-9(6-7)22-14(21)17(8)3/h4-6,10-11H,1-3H3,(H,16,18)(H,19,20)/t10-,11+/m0/s1. The van der Waals surface area contributed by atoms with E-state index in [0.29, 0.717) is 16.8 Å². The van der Waals surface area contributed by atoms with Crippen molar-refractivity contribution in [2.24, 2.45) is 24.3 Å². The number of carboxylic acid groups (broad SMARTS) is 1. The molecule has 1 heterocycles. The Balaban J connectivity index is 1.83. The Morgan fingerprint density at radius 3 is 2.59 bits per heavy atom. The molecule has 3 rings (SSSR count). The molecule has 0 unspecified atom stereocenters. The first-order chi connectivity index (χ1) is 10.2. The molecule has 1 saturated carbocycles. The number of rotatable bonds is 3. The highest BCUT2D eigenvalue weighted by molar-refractivity contribution is 6.00. The Kier molecular flexibility index (Phi) is 2.91. The number of nitrogens with zero attached hydrogens (tertiary/aromatic N) is 1. The summed E-state index contributed by atoms with van der Waals surface area (Å²) < 4.78 is 6.43. The number of anilines is 1. The highest BCUT2D eigenvalue weighted by Crippen LogP contribution is 2.58. The van der Waals surface area contributed by atoms with E-state index in [1.807, 2.05) is 0 Å². The number of benzene rings is 1. The fraction of sp³-hybridized carbons (Fsp3) is 0.400. The van der Waals surface area contributed by atoms with E-state index in [-0.39, 0.29) is 5.91 Å². The van der Waals surface area contributed by atoms with Crippen LogP contribution in [0.25, 0.3) is 11.1 Å². The third-order valence-electron chi connectivity index (χ3n) is 4.44. The Bertz CT molecular complexity index is 845. The number of nitrogens with one attached hydrogen (secondary N) is 1. The second-order valence-corrected chi connectivity index (χ2v) is 6.21. The van der Waals surface area contributed by atoms with Gasteiger partial charge in [-0.15, -0.1) is 0 Å². The zero-order valence-electron chi connectivity index (χ0n) is 12.4. The predicted octanol–water partition coefficient (Wildman–Crippen LogP) is 1.43. The number of carbonyl (C=O) groups excluding carboxylic acids is 1. The van der Waals surface area contributed by atoms with Crippen LogP contribution in [-0.4, -0.2) is 21.6 Å². The molecule has 0 bridgehead atoms. The fourth-order valence-corrected chi connectivity index (χ4v) is 3.02. The van der Waals surface area contributed by atoms with Crippen LogP contribution in [0.1, 0.15) is 13.8 Å². The lowest BCUT2D eigenvalue weighted by molar-refractivity contribution is -0.140. The maximum absolute atomic E-state index is 12.2. The van der Waals surface area contributed by atoms with Gasteiger partial charge in [0.2, 0.25) is 5.91 Å². The summed E-state index contributed by atoms with van der Waals surface area (Å²) in [4.78, 5) is 34.8. The summed E-state index contributed by atoms with van der Waals surface area (Å²) in [6.45, 7) is 3.52. The molecule has 2 atom stereocenters. The van der Waals surface area contributed by atoms with E-state index in [1.54, 1.807) is 39.1 Å². The molecular weight excluding hydrogens is 288 g/mol. The van der Waals surface area contributed by atoms with E-state index in [1.165, 1.54) is 4.57 Å². The van der Waals surface area contributed by atoms with E-state index in [0.717, 1.165) is 0 Å². The zero-order chi connectivity index (χ0) is 16.2. The lowest BCUT2D eigenvalue weighted by atomic mass is 10.1. The number of hydrogen-bond acceptors (Lipinski definition) is 4. The van der Waals surface area contributed by atoms with Crippen molar-refractivity contribution >= 4 is 28.7 Å². The molecule has 0 spiro atoms. The van der Waals surface area contributed by atoms with E-state index < -0.39 is 29.0 Å². The van der Waals surface area contributed by atoms with Crippen molar-refractivity contribution in [1.29, 1.82) is 0 Å². The van der Waals surface area contributed by atoms with Gasteiger partial charge in [-0.2, -0.15) is 0 Å². The summed E-state index contributed by atoms with van der Waals surface area (Å²) in [6, 6.07) is 4.88. The molecule has 1 aliphatic rings. The lowest BCUT2D eigenvalue weighted by Gasteiger charge is -2.06. The second kappa shape index (κ2) is 4.46. The highest BCUT2D eigenvalue weighted by atomic mass is 16.4. The van der Waals surface area contributed by atoms with Gasteiger partial charge >= 0.3 is 11.7 Å². The first-order valence-electron chi connectivity index (χ1n) is 6.86. The number of aromatic nitrogens is 1. The van der Waals surface area contributed by atoms with Gasteiger partial charge in [0.25, 0.3) is 0 Å². The number of carboxylic acids is 1. The fourth-order valence-electron chi connectivity index (χ4n) is 3.02. The maximum atomic E-state index is 12.2. The highest BCUT2D eigenvalue weighted by Gasteiger charge is 2.65. The molecule has 2 aromatic rings. The SMILES string of the molecule is Cn1c(=O)oc2cc(NC(=O)[C@@H]3[C@H](C(=O)O)C3(C)C)ccc21. The Hall–Kier alpha value is -2.57. The molecule has 1 aliphatic carbocycles. The number of fused-ring (bicyclic) bond motifs is 1. The second-order valence-electron chi connectivity index (χ2n) is 6.21. The first kappa shape index (κ1) is 14.4. The topological polar surface area (TPSA) is 102 Å². The van der Waals surface area contributed by atoms with Gasteiger partial charge in [0.05, 0.1) is 17.4 Å². The van der Waals surface area contributed by atoms with E-state index in [2.05, 4.69) is 5.32 Å². The van der Waals surface area contributed by atoms with Crippen molar-refractivity contribution in [3.05, 3.63) is 28.7 Å². The predicted molar refractivity (Wildman–Crippen MR) is 78.5 cm³/mol. The van der Waals surface area contributed by atoms with E-state index in [4.69, 9.17) is 9.52 Å². The van der Waals surface area contributed by atoms with Crippen LogP contribution in [0.3, 0.4) is 0 Å². The summed E-state index contributed by atoms with van der Waals surface area (Å²) >= 11 is 0. The van der Waals surface area contributed by atoms with E-state index >= 15 is 0 Å². The van der Waals surface area contributed by atoms with Crippen LogP contribution in [0.15, 0.2) is 27.4 Å². The summed E-state index contributed by atoms with van der Waals surface area (Å²) in [5.41, 5.74) is 0.909. The normalized spacial score (nSPS) is 22.5. The van der Waals surface area contributed by atoms with Crippen LogP contribution in [0.2, 0.25) is 0 Å². The molecule has 0 saturated heterocycles. The Labute approximate surface area is 125 Å². The van der Waals surface area contributed by atoms with Gasteiger partial charge in [-0.1, -0.05) is 13.8 Å². The van der Waals surface area contributed by atoms with Crippen LogP contribution >= 0.6 is 0 Å². The van der Waals surface area contributed by atoms with Gasteiger partial charge in [-0.05, 0) is 17.5 Å². The minimum Gasteiger partial charge on any atom is -0.481 e. The van der Waals surface area contributed by atoms with Gasteiger partial charge in [-0.3, -0.25) is 14.2 Å². The average molecular weight is 304 g/mol. The first-order valence-corrected chi connectivity index (χ1v) is 6.86. The van der Waals surface area contributed by atoms with Crippen molar-refractivity contribution in [2.45, 2.75) is 13.8 Å². The van der Waals surface area contributed by atoms with Crippen molar-refractivity contribution in [3.8, 4) is 0 Å². The smallest absolute Gasteiger partial charge is 0.419 e. The van der Waals surface area contributed by atoms with Crippen LogP contribution in [-0.2, 0) is 16.6 Å². The molecular formula is C15H16N2O5. The van der Waals surface area contributed by atoms with Gasteiger partial charge in [0, 0.05) is 18.8 Å². The zero-order valence-corrected chi connectivity index (χ0v) is 12.4. The Morgan fingerprint density at radius 1 is 1.32 bits per heavy atom. The van der Waals surface area contributed by atoms with Gasteiger partial charge in [-0.25, -0.2) is 4.79 Å². The molecule has 7 heteroatoms. The molecule has 0 aliphatic heterocycles. The number of amides is 1. The van der Waals surface area contributed by atoms with Gasteiger partial charge in [0.15, 0.2) is 5.58 Å². The number of aryl methyl sites for hydroxylation is 1. The summed E-state index contributed by atoms with van der Waals surface area (Å²) in [7, 11) is 1.59. The average Bonchev–Trinajstić information content (AvgIpc) is 2.90. The molecule has 1 fully saturated rings. The van der Waals surface area contributed by atoms with Crippen LogP contribution < -0.4 is 11.1 Å². The summed E-state index contributed by atoms with van der Waals surface area (Å²) in [5, 5.41) is 11.8. The molecule has 1 aromatic carbocycles. The van der Waals surface area contributed by atoms with Gasteiger partial charge in [0.1, 0.15) is 0 Å². The molecule has 0 radical (unpaired) electrons. The monoisotopic (exact) mass is 304 g/mol. The van der Waals surface area contributed by atoms with Crippen molar-refractivity contribution in [1.82, 2.24) is 4.57 Å². The third kappa shape index (κ3) is 2.01. The van der Waals surface area contributed by atoms with Crippen molar-refractivity contribution in [3.63, 3.8) is 0 Å². The minimum atomic E-state index is -0.963. The summed E-state index contributed by atoms with van der Waals surface area (Å²) in [6.07, 6.45) is 0. The van der Waals surface area contributed by atoms with Crippen molar-refractivity contribution < 1.29 is 19.1 Å². The largest absolute Gasteiger partial charge is 0.481 e. The van der Waals surface area contributed by atoms with Gasteiger partial charge < -0.3 is 14.8 Å². The minimum absolute atomic E-state index is 0.338. The number of oxazole rings is 1. The Morgan fingerprint density at radius 2 is 2.00 bits per heavy atom. The molecule has 22 heavy (non-hydrogen) atoms. The van der Waals surface area contributed by atoms with Crippen LogP contribution in [0, 0.1) is 17.3 Å². The lowest BCUT2D eigenvalue weighted by Crippen LogP contribution is -2.17. The number of hydrogen-bond donors (Lipinski definition) is 2. The number of aliphatic carboxylic acids is 1. The van der Waals surface area contributed by atoms with Crippen molar-refractivity contribution in [2.75, 3.05) is 5.32 Å².